The van der Waals surface area contributed by atoms with Crippen molar-refractivity contribution in [2.24, 2.45) is 0 Å². The van der Waals surface area contributed by atoms with Crippen LogP contribution < -0.4 is 5.32 Å². The number of carbonyl (C=O) groups excluding carboxylic acids is 1. The minimum Gasteiger partial charge on any atom is -0.379 e. The fourth-order valence-electron chi connectivity index (χ4n) is 2.26. The summed E-state index contributed by atoms with van der Waals surface area (Å²) in [5.41, 5.74) is 2.68. The molecule has 0 aromatic carbocycles. The van der Waals surface area contributed by atoms with E-state index in [1.54, 1.807) is 5.51 Å². The largest absolute Gasteiger partial charge is 0.379 e. The van der Waals surface area contributed by atoms with Crippen LogP contribution in [0.25, 0.3) is 0 Å². The van der Waals surface area contributed by atoms with E-state index in [4.69, 9.17) is 9.47 Å². The first-order valence-electron chi connectivity index (χ1n) is 7.01. The summed E-state index contributed by atoms with van der Waals surface area (Å²) in [6.07, 6.45) is 3.74. The van der Waals surface area contributed by atoms with Gasteiger partial charge in [0.1, 0.15) is 6.54 Å². The maximum atomic E-state index is 12.0. The molecule has 1 aliphatic rings. The highest BCUT2D eigenvalue weighted by Crippen LogP contribution is 2.14. The van der Waals surface area contributed by atoms with Crippen molar-refractivity contribution in [2.45, 2.75) is 31.7 Å². The average Bonchev–Trinajstić information content (AvgIpc) is 3.19. The van der Waals surface area contributed by atoms with Gasteiger partial charge in [-0.2, -0.15) is 15.0 Å². The molecule has 22 heavy (non-hydrogen) atoms. The van der Waals surface area contributed by atoms with Crippen molar-refractivity contribution < 1.29 is 14.3 Å². The average molecular weight is 323 g/mol. The number of nitrogens with one attached hydrogen (secondary N) is 1. The number of hydrogen-bond donors (Lipinski definition) is 1. The van der Waals surface area contributed by atoms with Crippen LogP contribution in [-0.2, 0) is 27.4 Å². The summed E-state index contributed by atoms with van der Waals surface area (Å²) in [7, 11) is 0. The molecule has 0 spiro atoms. The van der Waals surface area contributed by atoms with Gasteiger partial charge in [-0.05, 0) is 6.42 Å². The lowest BCUT2D eigenvalue weighted by atomic mass is 10.1. The molecule has 2 atom stereocenters. The Morgan fingerprint density at radius 2 is 2.36 bits per heavy atom. The third-order valence-corrected chi connectivity index (χ3v) is 3.95. The molecule has 2 aromatic heterocycles. The topological polar surface area (TPSA) is 91.2 Å². The van der Waals surface area contributed by atoms with Gasteiger partial charge in [0, 0.05) is 12.0 Å². The van der Waals surface area contributed by atoms with Crippen LogP contribution in [0.15, 0.2) is 23.3 Å². The molecular formula is C13H17N5O3S. The Kier molecular flexibility index (Phi) is 5.09. The molecule has 1 aliphatic heterocycles. The molecule has 0 aliphatic carbocycles. The number of ether oxygens (including phenoxy) is 2. The van der Waals surface area contributed by atoms with Crippen molar-refractivity contribution in [3.8, 4) is 0 Å². The Bertz CT molecular complexity index is 575. The van der Waals surface area contributed by atoms with Gasteiger partial charge in [0.05, 0.1) is 49.0 Å². The summed E-state index contributed by atoms with van der Waals surface area (Å²) in [4.78, 5) is 17.6. The van der Waals surface area contributed by atoms with Crippen LogP contribution in [0.5, 0.6) is 0 Å². The fraction of sp³-hybridized carbons (Fsp3) is 0.538. The molecule has 2 aromatic rings. The Morgan fingerprint density at radius 1 is 1.50 bits per heavy atom. The summed E-state index contributed by atoms with van der Waals surface area (Å²) in [5, 5.41) is 12.7. The number of amides is 1. The monoisotopic (exact) mass is 323 g/mol. The summed E-state index contributed by atoms with van der Waals surface area (Å²) < 4.78 is 11.3. The summed E-state index contributed by atoms with van der Waals surface area (Å²) in [6.45, 7) is 1.61. The number of nitrogens with zero attached hydrogens (tertiary/aromatic N) is 4. The summed E-state index contributed by atoms with van der Waals surface area (Å²) >= 11 is 1.54. The van der Waals surface area contributed by atoms with Crippen molar-refractivity contribution in [1.29, 1.82) is 0 Å². The molecule has 118 valence electrons. The molecule has 8 nitrogen and oxygen atoms in total. The molecule has 9 heteroatoms. The van der Waals surface area contributed by atoms with E-state index in [1.165, 1.54) is 28.5 Å². The van der Waals surface area contributed by atoms with Gasteiger partial charge < -0.3 is 14.8 Å². The highest BCUT2D eigenvalue weighted by Gasteiger charge is 2.28. The quantitative estimate of drug-likeness (QED) is 0.818. The second-order valence-corrected chi connectivity index (χ2v) is 5.65. The van der Waals surface area contributed by atoms with E-state index in [0.29, 0.717) is 19.8 Å². The van der Waals surface area contributed by atoms with Crippen LogP contribution in [0.2, 0.25) is 0 Å². The first kappa shape index (κ1) is 15.1. The SMILES string of the molecule is O=C(Cn1nccn1)N[C@@H]1COCC[C@@H]1OCc1cscn1. The fourth-order valence-corrected chi connectivity index (χ4v) is 2.80. The standard InChI is InChI=1S/C13H17N5O3S/c19-13(5-18-15-2-3-16-18)17-11-7-20-4-1-12(11)21-6-10-8-22-9-14-10/h2-3,8-9,11-12H,1,4-7H2,(H,17,19)/t11-,12+/m1/s1. The molecule has 0 unspecified atom stereocenters. The molecule has 1 fully saturated rings. The molecular weight excluding hydrogens is 306 g/mol. The second kappa shape index (κ2) is 7.43. The van der Waals surface area contributed by atoms with E-state index in [0.717, 1.165) is 12.1 Å². The van der Waals surface area contributed by atoms with Gasteiger partial charge in [-0.15, -0.1) is 11.3 Å². The van der Waals surface area contributed by atoms with Crippen LogP contribution in [0.4, 0.5) is 0 Å². The number of carbonyl (C=O) groups is 1. The first-order chi connectivity index (χ1) is 10.8. The van der Waals surface area contributed by atoms with Crippen LogP contribution in [0.1, 0.15) is 12.1 Å². The predicted octanol–water partition coefficient (Wildman–Crippen LogP) is 0.225. The third kappa shape index (κ3) is 4.09. The summed E-state index contributed by atoms with van der Waals surface area (Å²) in [6, 6.07) is -0.171. The maximum Gasteiger partial charge on any atom is 0.243 e. The van der Waals surface area contributed by atoms with Crippen LogP contribution >= 0.6 is 11.3 Å². The van der Waals surface area contributed by atoms with E-state index >= 15 is 0 Å². The lowest BCUT2D eigenvalue weighted by molar-refractivity contribution is -0.127. The zero-order chi connectivity index (χ0) is 15.2. The van der Waals surface area contributed by atoms with Gasteiger partial charge in [-0.25, -0.2) is 4.98 Å². The van der Waals surface area contributed by atoms with Crippen LogP contribution in [0.3, 0.4) is 0 Å². The number of rotatable bonds is 6. The number of aromatic nitrogens is 4. The minimum absolute atomic E-state index is 0.0787. The summed E-state index contributed by atoms with van der Waals surface area (Å²) in [5.74, 6) is -0.158. The zero-order valence-electron chi connectivity index (χ0n) is 11.9. The van der Waals surface area contributed by atoms with E-state index in [9.17, 15) is 4.79 Å². The number of hydrogen-bond acceptors (Lipinski definition) is 7. The first-order valence-corrected chi connectivity index (χ1v) is 7.95. The molecule has 0 radical (unpaired) electrons. The normalized spacial score (nSPS) is 21.6. The lowest BCUT2D eigenvalue weighted by Gasteiger charge is -2.31. The molecule has 3 rings (SSSR count). The van der Waals surface area contributed by atoms with Gasteiger partial charge in [0.2, 0.25) is 5.91 Å². The van der Waals surface area contributed by atoms with Crippen molar-refractivity contribution in [1.82, 2.24) is 25.3 Å². The van der Waals surface area contributed by atoms with Gasteiger partial charge >= 0.3 is 0 Å². The molecule has 0 bridgehead atoms. The lowest BCUT2D eigenvalue weighted by Crippen LogP contribution is -2.51. The zero-order valence-corrected chi connectivity index (χ0v) is 12.7. The second-order valence-electron chi connectivity index (χ2n) is 4.93. The van der Waals surface area contributed by atoms with Crippen LogP contribution in [-0.4, -0.2) is 51.2 Å². The Labute approximate surface area is 131 Å². The van der Waals surface area contributed by atoms with Crippen molar-refractivity contribution >= 4 is 17.2 Å². The smallest absolute Gasteiger partial charge is 0.243 e. The van der Waals surface area contributed by atoms with Crippen molar-refractivity contribution in [3.05, 3.63) is 29.0 Å². The molecule has 1 N–H and O–H groups in total. The van der Waals surface area contributed by atoms with Gasteiger partial charge in [-0.3, -0.25) is 4.79 Å². The third-order valence-electron chi connectivity index (χ3n) is 3.32. The van der Waals surface area contributed by atoms with E-state index < -0.39 is 0 Å². The van der Waals surface area contributed by atoms with Crippen molar-refractivity contribution in [2.75, 3.05) is 13.2 Å². The van der Waals surface area contributed by atoms with E-state index in [2.05, 4.69) is 20.5 Å². The van der Waals surface area contributed by atoms with Gasteiger partial charge in [-0.1, -0.05) is 0 Å². The highest BCUT2D eigenvalue weighted by atomic mass is 32.1. The van der Waals surface area contributed by atoms with Crippen LogP contribution in [0, 0.1) is 0 Å². The number of thiazole rings is 1. The maximum absolute atomic E-state index is 12.0. The van der Waals surface area contributed by atoms with Gasteiger partial charge in [0.15, 0.2) is 0 Å². The van der Waals surface area contributed by atoms with E-state index in [1.807, 2.05) is 5.38 Å². The highest BCUT2D eigenvalue weighted by molar-refractivity contribution is 7.07. The molecule has 1 amide bonds. The van der Waals surface area contributed by atoms with Crippen molar-refractivity contribution in [3.63, 3.8) is 0 Å². The van der Waals surface area contributed by atoms with Gasteiger partial charge in [0.25, 0.3) is 0 Å². The molecule has 0 saturated carbocycles. The minimum atomic E-state index is -0.171. The Hall–Kier alpha value is -1.84. The Balaban J connectivity index is 1.51. The molecule has 3 heterocycles. The Morgan fingerprint density at radius 3 is 3.14 bits per heavy atom. The predicted molar refractivity (Wildman–Crippen MR) is 78.1 cm³/mol. The molecule has 1 saturated heterocycles. The van der Waals surface area contributed by atoms with E-state index in [-0.39, 0.29) is 24.6 Å².